The van der Waals surface area contributed by atoms with Crippen molar-refractivity contribution in [3.05, 3.63) is 35.4 Å². The maximum Gasteiger partial charge on any atom is 0.336 e. The molecule has 3 heteroatoms. The third-order valence-corrected chi connectivity index (χ3v) is 2.07. The minimum absolute atomic E-state index is 0.328. The van der Waals surface area contributed by atoms with Crippen molar-refractivity contribution < 1.29 is 14.6 Å². The quantitative estimate of drug-likeness (QED) is 0.773. The fourth-order valence-corrected chi connectivity index (χ4v) is 1.40. The van der Waals surface area contributed by atoms with Crippen LogP contribution < -0.4 is 4.74 Å². The highest BCUT2D eigenvalue weighted by molar-refractivity contribution is 6.16. The molecule has 1 rings (SSSR count). The number of carbonyl (C=O) groups is 1. The van der Waals surface area contributed by atoms with Crippen LogP contribution >= 0.6 is 0 Å². The summed E-state index contributed by atoms with van der Waals surface area (Å²) < 4.78 is 5.05. The second-order valence-electron chi connectivity index (χ2n) is 3.41. The molecule has 0 saturated heterocycles. The lowest BCUT2D eigenvalue weighted by atomic mass is 10.0. The zero-order valence-electron chi connectivity index (χ0n) is 9.07. The molecule has 80 valence electrons. The molecule has 15 heavy (non-hydrogen) atoms. The van der Waals surface area contributed by atoms with E-state index >= 15 is 0 Å². The topological polar surface area (TPSA) is 46.5 Å². The van der Waals surface area contributed by atoms with Crippen molar-refractivity contribution in [1.29, 1.82) is 0 Å². The van der Waals surface area contributed by atoms with Gasteiger partial charge in [0.15, 0.2) is 0 Å². The smallest absolute Gasteiger partial charge is 0.336 e. The van der Waals surface area contributed by atoms with E-state index in [0.29, 0.717) is 16.9 Å². The molecular weight excluding hydrogens is 192 g/mol. The fraction of sp³-hybridized carbons (Fsp3) is 0.250. The molecule has 0 atom stereocenters. The van der Waals surface area contributed by atoms with Crippen LogP contribution in [0.1, 0.15) is 19.4 Å². The standard InChI is InChI=1S/C12H14O3/c1-8(2)11(12(13)14)9-5-4-6-10(7-9)15-3/h4-7H,1-3H3,(H,13,14). The number of hydrogen-bond donors (Lipinski definition) is 1. The van der Waals surface area contributed by atoms with Gasteiger partial charge in [-0.25, -0.2) is 4.79 Å². The molecule has 0 saturated carbocycles. The Morgan fingerprint density at radius 3 is 2.47 bits per heavy atom. The number of hydrogen-bond acceptors (Lipinski definition) is 2. The number of aliphatic carboxylic acids is 1. The first kappa shape index (κ1) is 11.3. The number of benzene rings is 1. The predicted octanol–water partition coefficient (Wildman–Crippen LogP) is 2.57. The highest BCUT2D eigenvalue weighted by atomic mass is 16.5. The molecule has 0 aromatic heterocycles. The predicted molar refractivity (Wildman–Crippen MR) is 58.9 cm³/mol. The van der Waals surface area contributed by atoms with Crippen molar-refractivity contribution in [3.8, 4) is 5.75 Å². The summed E-state index contributed by atoms with van der Waals surface area (Å²) in [4.78, 5) is 11.0. The Kier molecular flexibility index (Phi) is 3.50. The van der Waals surface area contributed by atoms with Gasteiger partial charge in [0.2, 0.25) is 0 Å². The van der Waals surface area contributed by atoms with Crippen molar-refractivity contribution in [3.63, 3.8) is 0 Å². The molecule has 1 N–H and O–H groups in total. The molecule has 1 aromatic rings. The molecule has 0 aliphatic rings. The first-order valence-electron chi connectivity index (χ1n) is 4.61. The van der Waals surface area contributed by atoms with Crippen molar-refractivity contribution >= 4 is 11.5 Å². The molecule has 0 aliphatic heterocycles. The first-order chi connectivity index (χ1) is 7.06. The van der Waals surface area contributed by atoms with Crippen molar-refractivity contribution in [1.82, 2.24) is 0 Å². The summed E-state index contributed by atoms with van der Waals surface area (Å²) in [5.41, 5.74) is 1.77. The fourth-order valence-electron chi connectivity index (χ4n) is 1.40. The van der Waals surface area contributed by atoms with E-state index in [4.69, 9.17) is 9.84 Å². The highest BCUT2D eigenvalue weighted by Crippen LogP contribution is 2.22. The third-order valence-electron chi connectivity index (χ3n) is 2.07. The van der Waals surface area contributed by atoms with Crippen LogP contribution in [-0.4, -0.2) is 18.2 Å². The van der Waals surface area contributed by atoms with E-state index in [0.717, 1.165) is 5.57 Å². The van der Waals surface area contributed by atoms with Gasteiger partial charge in [0, 0.05) is 0 Å². The molecular formula is C12H14O3. The summed E-state index contributed by atoms with van der Waals surface area (Å²) >= 11 is 0. The third kappa shape index (κ3) is 2.59. The Bertz CT molecular complexity index is 401. The lowest BCUT2D eigenvalue weighted by Gasteiger charge is -2.07. The zero-order chi connectivity index (χ0) is 11.4. The molecule has 3 nitrogen and oxygen atoms in total. The van der Waals surface area contributed by atoms with E-state index in [1.165, 1.54) is 0 Å². The summed E-state index contributed by atoms with van der Waals surface area (Å²) in [7, 11) is 1.56. The maximum atomic E-state index is 11.0. The largest absolute Gasteiger partial charge is 0.497 e. The number of allylic oxidation sites excluding steroid dienone is 1. The second kappa shape index (κ2) is 4.64. The van der Waals surface area contributed by atoms with E-state index in [-0.39, 0.29) is 0 Å². The molecule has 0 bridgehead atoms. The van der Waals surface area contributed by atoms with Crippen LogP contribution in [0, 0.1) is 0 Å². The summed E-state index contributed by atoms with van der Waals surface area (Å²) in [6.45, 7) is 3.56. The molecule has 0 radical (unpaired) electrons. The van der Waals surface area contributed by atoms with Gasteiger partial charge in [-0.1, -0.05) is 17.7 Å². The summed E-state index contributed by atoms with van der Waals surface area (Å²) in [6.07, 6.45) is 0. The van der Waals surface area contributed by atoms with E-state index in [2.05, 4.69) is 0 Å². The van der Waals surface area contributed by atoms with Crippen LogP contribution in [0.25, 0.3) is 5.57 Å². The van der Waals surface area contributed by atoms with Crippen LogP contribution in [-0.2, 0) is 4.79 Å². The number of carboxylic acid groups (broad SMARTS) is 1. The number of methoxy groups -OCH3 is 1. The first-order valence-corrected chi connectivity index (χ1v) is 4.61. The average molecular weight is 206 g/mol. The van der Waals surface area contributed by atoms with Crippen LogP contribution in [0.2, 0.25) is 0 Å². The molecule has 0 aliphatic carbocycles. The second-order valence-corrected chi connectivity index (χ2v) is 3.41. The lowest BCUT2D eigenvalue weighted by molar-refractivity contribution is -0.130. The maximum absolute atomic E-state index is 11.0. The molecule has 0 fully saturated rings. The van der Waals surface area contributed by atoms with Gasteiger partial charge in [-0.15, -0.1) is 0 Å². The Balaban J connectivity index is 3.25. The van der Waals surface area contributed by atoms with E-state index < -0.39 is 5.97 Å². The normalized spacial score (nSPS) is 9.53. The zero-order valence-corrected chi connectivity index (χ0v) is 9.07. The summed E-state index contributed by atoms with van der Waals surface area (Å²) in [5.74, 6) is -0.254. The van der Waals surface area contributed by atoms with Crippen molar-refractivity contribution in [2.75, 3.05) is 7.11 Å². The van der Waals surface area contributed by atoms with Gasteiger partial charge in [-0.3, -0.25) is 0 Å². The van der Waals surface area contributed by atoms with E-state index in [1.807, 2.05) is 0 Å². The van der Waals surface area contributed by atoms with Crippen molar-refractivity contribution in [2.24, 2.45) is 0 Å². The van der Waals surface area contributed by atoms with Crippen LogP contribution in [0.5, 0.6) is 5.75 Å². The van der Waals surface area contributed by atoms with Crippen molar-refractivity contribution in [2.45, 2.75) is 13.8 Å². The van der Waals surface area contributed by atoms with Gasteiger partial charge in [0.25, 0.3) is 0 Å². The summed E-state index contributed by atoms with van der Waals surface area (Å²) in [5, 5.41) is 9.06. The number of ether oxygens (including phenoxy) is 1. The van der Waals surface area contributed by atoms with Gasteiger partial charge in [0.1, 0.15) is 5.75 Å². The Morgan fingerprint density at radius 2 is 2.00 bits per heavy atom. The Morgan fingerprint density at radius 1 is 1.33 bits per heavy atom. The Labute approximate surface area is 89.0 Å². The monoisotopic (exact) mass is 206 g/mol. The van der Waals surface area contributed by atoms with Crippen LogP contribution in [0.3, 0.4) is 0 Å². The molecule has 0 amide bonds. The Hall–Kier alpha value is -1.77. The van der Waals surface area contributed by atoms with Crippen LogP contribution in [0.4, 0.5) is 0 Å². The minimum Gasteiger partial charge on any atom is -0.497 e. The molecule has 0 heterocycles. The van der Waals surface area contributed by atoms with Gasteiger partial charge in [-0.05, 0) is 31.5 Å². The SMILES string of the molecule is COc1cccc(C(C(=O)O)=C(C)C)c1. The average Bonchev–Trinajstić information content (AvgIpc) is 2.17. The van der Waals surface area contributed by atoms with Gasteiger partial charge < -0.3 is 9.84 Å². The number of rotatable bonds is 3. The lowest BCUT2D eigenvalue weighted by Crippen LogP contribution is -2.01. The van der Waals surface area contributed by atoms with Gasteiger partial charge >= 0.3 is 5.97 Å². The molecule has 1 aromatic carbocycles. The van der Waals surface area contributed by atoms with Gasteiger partial charge in [0.05, 0.1) is 12.7 Å². The van der Waals surface area contributed by atoms with E-state index in [9.17, 15) is 4.79 Å². The number of carboxylic acids is 1. The van der Waals surface area contributed by atoms with Crippen LogP contribution in [0.15, 0.2) is 29.8 Å². The highest BCUT2D eigenvalue weighted by Gasteiger charge is 2.12. The summed E-state index contributed by atoms with van der Waals surface area (Å²) in [6, 6.07) is 7.05. The molecule has 0 spiro atoms. The van der Waals surface area contributed by atoms with Gasteiger partial charge in [-0.2, -0.15) is 0 Å². The molecule has 0 unspecified atom stereocenters. The van der Waals surface area contributed by atoms with E-state index in [1.54, 1.807) is 45.2 Å². The minimum atomic E-state index is -0.914.